The second kappa shape index (κ2) is 7.97. The first-order valence-electron chi connectivity index (χ1n) is 10.5. The summed E-state index contributed by atoms with van der Waals surface area (Å²) in [6, 6.07) is 34.9. The Morgan fingerprint density at radius 2 is 1.10 bits per heavy atom. The highest BCUT2D eigenvalue weighted by atomic mass is 14.9. The normalized spacial score (nSPS) is 13.0. The Balaban J connectivity index is 1.41. The van der Waals surface area contributed by atoms with Crippen LogP contribution in [0.4, 0.5) is 11.4 Å². The Hall–Kier alpha value is -3.32. The molecule has 4 aromatic rings. The molecule has 0 unspecified atom stereocenters. The third-order valence-corrected chi connectivity index (χ3v) is 5.84. The summed E-state index contributed by atoms with van der Waals surface area (Å²) >= 11 is 0. The van der Waals surface area contributed by atoms with Crippen molar-refractivity contribution in [2.45, 2.75) is 25.7 Å². The maximum atomic E-state index is 3.59. The topological polar surface area (TPSA) is 12.0 Å². The molecule has 29 heavy (non-hydrogen) atoms. The highest BCUT2D eigenvalue weighted by Gasteiger charge is 2.13. The Bertz CT molecular complexity index is 1110. The van der Waals surface area contributed by atoms with E-state index in [-0.39, 0.29) is 0 Å². The van der Waals surface area contributed by atoms with Crippen molar-refractivity contribution in [3.63, 3.8) is 0 Å². The Morgan fingerprint density at radius 3 is 1.93 bits per heavy atom. The predicted molar refractivity (Wildman–Crippen MR) is 124 cm³/mol. The SMILES string of the molecule is c1ccc(-c2ccc(Nc3ccc4c(c3)CCCCc3ccccc3-4)cc2)cc1. The molecular weight excluding hydrogens is 350 g/mol. The largest absolute Gasteiger partial charge is 0.356 e. The van der Waals surface area contributed by atoms with Gasteiger partial charge in [-0.25, -0.2) is 0 Å². The summed E-state index contributed by atoms with van der Waals surface area (Å²) in [5, 5.41) is 3.59. The van der Waals surface area contributed by atoms with Gasteiger partial charge in [0.15, 0.2) is 0 Å². The summed E-state index contributed by atoms with van der Waals surface area (Å²) in [5.41, 5.74) is 10.5. The molecule has 0 spiro atoms. The number of benzene rings is 4. The summed E-state index contributed by atoms with van der Waals surface area (Å²) in [5.74, 6) is 0. The van der Waals surface area contributed by atoms with Crippen LogP contribution in [0.5, 0.6) is 0 Å². The van der Waals surface area contributed by atoms with Crippen molar-refractivity contribution >= 4 is 11.4 Å². The monoisotopic (exact) mass is 375 g/mol. The standard InChI is InChI=1S/C28H25N/c1-2-8-21(9-3-1)22-14-16-25(17-15-22)29-26-18-19-28-24(20-26)12-5-4-10-23-11-6-7-13-27(23)28/h1-3,6-9,11,13-20,29H,4-5,10,12H2. The first kappa shape index (κ1) is 17.8. The number of hydrogen-bond donors (Lipinski definition) is 1. The van der Waals surface area contributed by atoms with E-state index in [0.717, 1.165) is 17.8 Å². The van der Waals surface area contributed by atoms with Gasteiger partial charge in [0.1, 0.15) is 0 Å². The van der Waals surface area contributed by atoms with Crippen LogP contribution < -0.4 is 5.32 Å². The van der Waals surface area contributed by atoms with Gasteiger partial charge in [-0.15, -0.1) is 0 Å². The van der Waals surface area contributed by atoms with E-state index in [1.165, 1.54) is 52.6 Å². The average molecular weight is 376 g/mol. The predicted octanol–water partition coefficient (Wildman–Crippen LogP) is 7.64. The first-order valence-corrected chi connectivity index (χ1v) is 10.5. The van der Waals surface area contributed by atoms with Crippen LogP contribution in [0.1, 0.15) is 24.0 Å². The van der Waals surface area contributed by atoms with E-state index in [1.807, 2.05) is 0 Å². The lowest BCUT2D eigenvalue weighted by atomic mass is 9.88. The van der Waals surface area contributed by atoms with Gasteiger partial charge in [-0.1, -0.05) is 72.8 Å². The minimum atomic E-state index is 1.12. The molecule has 1 aliphatic carbocycles. The molecule has 0 fully saturated rings. The van der Waals surface area contributed by atoms with Crippen LogP contribution in [0, 0.1) is 0 Å². The van der Waals surface area contributed by atoms with E-state index in [0.29, 0.717) is 0 Å². The molecule has 0 aromatic heterocycles. The second-order valence-corrected chi connectivity index (χ2v) is 7.80. The van der Waals surface area contributed by atoms with Gasteiger partial charge in [0.05, 0.1) is 0 Å². The highest BCUT2D eigenvalue weighted by Crippen LogP contribution is 2.34. The lowest BCUT2D eigenvalue weighted by Gasteiger charge is -2.19. The van der Waals surface area contributed by atoms with Gasteiger partial charge in [0, 0.05) is 11.4 Å². The van der Waals surface area contributed by atoms with Gasteiger partial charge in [-0.2, -0.15) is 0 Å². The summed E-state index contributed by atoms with van der Waals surface area (Å²) in [7, 11) is 0. The van der Waals surface area contributed by atoms with E-state index in [1.54, 1.807) is 0 Å². The number of aryl methyl sites for hydroxylation is 2. The third-order valence-electron chi connectivity index (χ3n) is 5.84. The number of nitrogens with one attached hydrogen (secondary N) is 1. The van der Waals surface area contributed by atoms with Gasteiger partial charge in [0.25, 0.3) is 0 Å². The fraction of sp³-hybridized carbons (Fsp3) is 0.143. The lowest BCUT2D eigenvalue weighted by Crippen LogP contribution is -2.01. The molecule has 1 aliphatic rings. The van der Waals surface area contributed by atoms with Crippen LogP contribution in [0.3, 0.4) is 0 Å². The molecule has 142 valence electrons. The van der Waals surface area contributed by atoms with Gasteiger partial charge in [-0.05, 0) is 83.3 Å². The Morgan fingerprint density at radius 1 is 0.483 bits per heavy atom. The first-order chi connectivity index (χ1) is 14.4. The van der Waals surface area contributed by atoms with Crippen molar-refractivity contribution < 1.29 is 0 Å². The molecule has 0 saturated heterocycles. The number of fused-ring (bicyclic) bond motifs is 3. The van der Waals surface area contributed by atoms with Crippen LogP contribution in [-0.2, 0) is 12.8 Å². The molecule has 0 heterocycles. The van der Waals surface area contributed by atoms with Gasteiger partial charge in [0.2, 0.25) is 0 Å². The molecular formula is C28H25N. The highest BCUT2D eigenvalue weighted by molar-refractivity contribution is 5.75. The van der Waals surface area contributed by atoms with E-state index in [2.05, 4.69) is 102 Å². The maximum Gasteiger partial charge on any atom is 0.0387 e. The number of hydrogen-bond acceptors (Lipinski definition) is 1. The third kappa shape index (κ3) is 3.82. The zero-order valence-corrected chi connectivity index (χ0v) is 16.6. The number of rotatable bonds is 3. The molecule has 1 heteroatoms. The molecule has 0 bridgehead atoms. The van der Waals surface area contributed by atoms with Crippen LogP contribution in [-0.4, -0.2) is 0 Å². The fourth-order valence-electron chi connectivity index (χ4n) is 4.32. The number of anilines is 2. The van der Waals surface area contributed by atoms with Crippen LogP contribution >= 0.6 is 0 Å². The van der Waals surface area contributed by atoms with Crippen LogP contribution in [0.2, 0.25) is 0 Å². The van der Waals surface area contributed by atoms with Gasteiger partial charge in [-0.3, -0.25) is 0 Å². The van der Waals surface area contributed by atoms with E-state index >= 15 is 0 Å². The average Bonchev–Trinajstić information content (AvgIpc) is 2.77. The Labute approximate surface area is 173 Å². The molecule has 1 N–H and O–H groups in total. The van der Waals surface area contributed by atoms with Crippen molar-refractivity contribution in [2.24, 2.45) is 0 Å². The van der Waals surface area contributed by atoms with Crippen molar-refractivity contribution in [2.75, 3.05) is 5.32 Å². The van der Waals surface area contributed by atoms with Crippen molar-refractivity contribution in [3.8, 4) is 22.3 Å². The molecule has 0 aliphatic heterocycles. The molecule has 5 rings (SSSR count). The quantitative estimate of drug-likeness (QED) is 0.388. The minimum Gasteiger partial charge on any atom is -0.356 e. The molecule has 0 atom stereocenters. The fourth-order valence-corrected chi connectivity index (χ4v) is 4.32. The summed E-state index contributed by atoms with van der Waals surface area (Å²) < 4.78 is 0. The summed E-state index contributed by atoms with van der Waals surface area (Å²) in [6.07, 6.45) is 4.83. The van der Waals surface area contributed by atoms with E-state index in [4.69, 9.17) is 0 Å². The van der Waals surface area contributed by atoms with Crippen molar-refractivity contribution in [1.82, 2.24) is 0 Å². The van der Waals surface area contributed by atoms with E-state index < -0.39 is 0 Å². The zero-order valence-electron chi connectivity index (χ0n) is 16.6. The molecule has 4 aromatic carbocycles. The maximum absolute atomic E-state index is 3.59. The minimum absolute atomic E-state index is 1.12. The molecule has 0 saturated carbocycles. The molecule has 1 nitrogen and oxygen atoms in total. The van der Waals surface area contributed by atoms with Crippen molar-refractivity contribution in [1.29, 1.82) is 0 Å². The summed E-state index contributed by atoms with van der Waals surface area (Å²) in [4.78, 5) is 0. The van der Waals surface area contributed by atoms with Crippen LogP contribution in [0.25, 0.3) is 22.3 Å². The van der Waals surface area contributed by atoms with E-state index in [9.17, 15) is 0 Å². The smallest absolute Gasteiger partial charge is 0.0387 e. The van der Waals surface area contributed by atoms with Gasteiger partial charge >= 0.3 is 0 Å². The summed E-state index contributed by atoms with van der Waals surface area (Å²) in [6.45, 7) is 0. The van der Waals surface area contributed by atoms with Crippen LogP contribution in [0.15, 0.2) is 97.1 Å². The zero-order chi connectivity index (χ0) is 19.5. The second-order valence-electron chi connectivity index (χ2n) is 7.80. The van der Waals surface area contributed by atoms with Crippen molar-refractivity contribution in [3.05, 3.63) is 108 Å². The van der Waals surface area contributed by atoms with Gasteiger partial charge < -0.3 is 5.32 Å². The Kier molecular flexibility index (Phi) is 4.88. The molecule has 0 radical (unpaired) electrons. The lowest BCUT2D eigenvalue weighted by molar-refractivity contribution is 0.729. The molecule has 0 amide bonds.